The zero-order valence-electron chi connectivity index (χ0n) is 14.6. The average molecular weight is 441 g/mol. The summed E-state index contributed by atoms with van der Waals surface area (Å²) in [6.07, 6.45) is -4.80. The van der Waals surface area contributed by atoms with Crippen molar-refractivity contribution in [1.29, 1.82) is 0 Å². The molecule has 1 atom stereocenters. The van der Waals surface area contributed by atoms with Crippen LogP contribution in [0.5, 0.6) is 5.75 Å². The highest BCUT2D eigenvalue weighted by Gasteiger charge is 2.32. The summed E-state index contributed by atoms with van der Waals surface area (Å²) in [7, 11) is 0. The Labute approximate surface area is 173 Å². The van der Waals surface area contributed by atoms with Gasteiger partial charge in [-0.1, -0.05) is 41.4 Å². The first kappa shape index (κ1) is 19.7. The van der Waals surface area contributed by atoms with Crippen molar-refractivity contribution in [3.8, 4) is 17.1 Å². The molecule has 1 aromatic heterocycles. The molecule has 3 aromatic rings. The molecule has 0 saturated carbocycles. The molecule has 9 heteroatoms. The minimum Gasteiger partial charge on any atom is -0.453 e. The number of aliphatic imine (C=N–C) groups is 1. The Balaban J connectivity index is 1.55. The highest BCUT2D eigenvalue weighted by molar-refractivity contribution is 6.35. The Morgan fingerprint density at radius 2 is 1.79 bits per heavy atom. The van der Waals surface area contributed by atoms with Gasteiger partial charge < -0.3 is 14.5 Å². The monoisotopic (exact) mass is 440 g/mol. The summed E-state index contributed by atoms with van der Waals surface area (Å²) in [5, 5.41) is 4.27. The van der Waals surface area contributed by atoms with E-state index in [9.17, 15) is 13.2 Å². The number of halogens is 5. The molecular weight excluding hydrogens is 428 g/mol. The van der Waals surface area contributed by atoms with Gasteiger partial charge in [0.15, 0.2) is 11.6 Å². The summed E-state index contributed by atoms with van der Waals surface area (Å²) >= 11 is 12.2. The maximum absolute atomic E-state index is 12.6. The minimum atomic E-state index is -4.80. The summed E-state index contributed by atoms with van der Waals surface area (Å²) in [6.45, 7) is 0.431. The Kier molecular flexibility index (Phi) is 5.19. The van der Waals surface area contributed by atoms with Crippen LogP contribution in [0.25, 0.3) is 11.3 Å². The molecule has 0 saturated heterocycles. The number of nitrogens with zero attached hydrogens (tertiary/aromatic N) is 1. The van der Waals surface area contributed by atoms with Crippen molar-refractivity contribution in [1.82, 2.24) is 5.32 Å². The molecule has 150 valence electrons. The van der Waals surface area contributed by atoms with Crippen molar-refractivity contribution >= 4 is 29.0 Å². The second-order valence-electron chi connectivity index (χ2n) is 6.26. The fraction of sp³-hybridized carbons (Fsp3) is 0.150. The largest absolute Gasteiger partial charge is 0.573 e. The van der Waals surface area contributed by atoms with Gasteiger partial charge >= 0.3 is 6.36 Å². The van der Waals surface area contributed by atoms with E-state index < -0.39 is 6.36 Å². The van der Waals surface area contributed by atoms with Crippen LogP contribution >= 0.6 is 23.2 Å². The second kappa shape index (κ2) is 7.65. The van der Waals surface area contributed by atoms with E-state index in [-0.39, 0.29) is 23.1 Å². The van der Waals surface area contributed by atoms with Crippen LogP contribution in [0.15, 0.2) is 64.0 Å². The van der Waals surface area contributed by atoms with Crippen molar-refractivity contribution in [3.05, 3.63) is 76.0 Å². The van der Waals surface area contributed by atoms with Crippen LogP contribution in [0.1, 0.15) is 17.4 Å². The second-order valence-corrected chi connectivity index (χ2v) is 7.10. The molecule has 0 fully saturated rings. The Hall–Kier alpha value is -2.64. The van der Waals surface area contributed by atoms with Gasteiger partial charge in [0.1, 0.15) is 11.5 Å². The van der Waals surface area contributed by atoms with Gasteiger partial charge in [0, 0.05) is 10.0 Å². The quantitative estimate of drug-likeness (QED) is 0.521. The van der Waals surface area contributed by atoms with E-state index in [1.807, 2.05) is 6.07 Å². The van der Waals surface area contributed by atoms with E-state index in [4.69, 9.17) is 27.6 Å². The number of furan rings is 1. The van der Waals surface area contributed by atoms with E-state index in [0.29, 0.717) is 28.2 Å². The third-order valence-corrected chi connectivity index (χ3v) is 4.86. The molecule has 0 bridgehead atoms. The third kappa shape index (κ3) is 4.36. The van der Waals surface area contributed by atoms with Crippen LogP contribution in [0.3, 0.4) is 0 Å². The SMILES string of the molecule is FC(F)(F)Oc1ccccc1-c1ccc(C2=NCC(c3ccc(Cl)cc3Cl)N2)o1. The van der Waals surface area contributed by atoms with Crippen molar-refractivity contribution < 1.29 is 22.3 Å². The number of para-hydroxylation sites is 1. The predicted molar refractivity (Wildman–Crippen MR) is 105 cm³/mol. The van der Waals surface area contributed by atoms with Crippen LogP contribution < -0.4 is 10.1 Å². The highest BCUT2D eigenvalue weighted by Crippen LogP contribution is 2.35. The number of rotatable bonds is 4. The fourth-order valence-corrected chi connectivity index (χ4v) is 3.58. The average Bonchev–Trinajstić information content (AvgIpc) is 3.30. The fourth-order valence-electron chi connectivity index (χ4n) is 3.04. The van der Waals surface area contributed by atoms with Crippen LogP contribution in [-0.2, 0) is 0 Å². The summed E-state index contributed by atoms with van der Waals surface area (Å²) < 4.78 is 47.8. The van der Waals surface area contributed by atoms with Crippen LogP contribution in [0.2, 0.25) is 10.0 Å². The first-order chi connectivity index (χ1) is 13.8. The summed E-state index contributed by atoms with van der Waals surface area (Å²) in [5.74, 6) is 0.779. The molecule has 0 radical (unpaired) electrons. The van der Waals surface area contributed by atoms with Crippen molar-refractivity contribution in [3.63, 3.8) is 0 Å². The molecule has 29 heavy (non-hydrogen) atoms. The number of hydrogen-bond donors (Lipinski definition) is 1. The van der Waals surface area contributed by atoms with Gasteiger partial charge in [0.2, 0.25) is 0 Å². The maximum atomic E-state index is 12.6. The molecule has 0 spiro atoms. The Morgan fingerprint density at radius 3 is 2.55 bits per heavy atom. The number of benzene rings is 2. The predicted octanol–water partition coefficient (Wildman–Crippen LogP) is 6.24. The van der Waals surface area contributed by atoms with E-state index in [1.165, 1.54) is 18.2 Å². The standard InChI is InChI=1S/C20H13Cl2F3N2O2/c21-11-5-6-12(14(22)9-11)15-10-26-19(27-15)18-8-7-16(28-18)13-3-1-2-4-17(13)29-20(23,24)25/h1-9,15H,10H2,(H,26,27). The number of hydrogen-bond acceptors (Lipinski definition) is 4. The van der Waals surface area contributed by atoms with Gasteiger partial charge in [-0.2, -0.15) is 0 Å². The Morgan fingerprint density at radius 1 is 1.03 bits per heavy atom. The zero-order valence-corrected chi connectivity index (χ0v) is 16.1. The van der Waals surface area contributed by atoms with Crippen molar-refractivity contribution in [2.75, 3.05) is 6.54 Å². The normalized spacial score (nSPS) is 16.4. The van der Waals surface area contributed by atoms with Gasteiger partial charge in [0.05, 0.1) is 18.2 Å². The number of alkyl halides is 3. The summed E-state index contributed by atoms with van der Waals surface area (Å²) in [4.78, 5) is 4.43. The lowest BCUT2D eigenvalue weighted by atomic mass is 10.1. The molecule has 0 aliphatic carbocycles. The lowest BCUT2D eigenvalue weighted by Gasteiger charge is -2.13. The highest BCUT2D eigenvalue weighted by atomic mass is 35.5. The lowest BCUT2D eigenvalue weighted by Crippen LogP contribution is -2.23. The maximum Gasteiger partial charge on any atom is 0.573 e. The van der Waals surface area contributed by atoms with Gasteiger partial charge in [0.25, 0.3) is 0 Å². The molecule has 4 rings (SSSR count). The number of amidine groups is 1. The number of nitrogens with one attached hydrogen (secondary N) is 1. The summed E-state index contributed by atoms with van der Waals surface area (Å²) in [6, 6.07) is 14.0. The lowest BCUT2D eigenvalue weighted by molar-refractivity contribution is -0.274. The molecule has 1 N–H and O–H groups in total. The van der Waals surface area contributed by atoms with Gasteiger partial charge in [-0.15, -0.1) is 13.2 Å². The number of ether oxygens (including phenoxy) is 1. The van der Waals surface area contributed by atoms with E-state index in [1.54, 1.807) is 30.3 Å². The van der Waals surface area contributed by atoms with Crippen LogP contribution in [-0.4, -0.2) is 18.7 Å². The first-order valence-corrected chi connectivity index (χ1v) is 9.27. The summed E-state index contributed by atoms with van der Waals surface area (Å²) in [5.41, 5.74) is 1.03. The third-order valence-electron chi connectivity index (χ3n) is 4.30. The molecular formula is C20H13Cl2F3N2O2. The molecule has 1 aliphatic heterocycles. The topological polar surface area (TPSA) is 46.8 Å². The molecule has 1 unspecified atom stereocenters. The van der Waals surface area contributed by atoms with E-state index in [2.05, 4.69) is 15.0 Å². The molecule has 2 heterocycles. The van der Waals surface area contributed by atoms with Crippen LogP contribution in [0, 0.1) is 0 Å². The molecule has 1 aliphatic rings. The molecule has 0 amide bonds. The van der Waals surface area contributed by atoms with Crippen molar-refractivity contribution in [2.24, 2.45) is 4.99 Å². The van der Waals surface area contributed by atoms with E-state index >= 15 is 0 Å². The van der Waals surface area contributed by atoms with Gasteiger partial charge in [-0.25, -0.2) is 0 Å². The van der Waals surface area contributed by atoms with Crippen LogP contribution in [0.4, 0.5) is 13.2 Å². The molecule has 4 nitrogen and oxygen atoms in total. The van der Waals surface area contributed by atoms with E-state index in [0.717, 1.165) is 5.56 Å². The minimum absolute atomic E-state index is 0.163. The smallest absolute Gasteiger partial charge is 0.453 e. The first-order valence-electron chi connectivity index (χ1n) is 8.51. The van der Waals surface area contributed by atoms with Crippen molar-refractivity contribution in [2.45, 2.75) is 12.4 Å². The molecule has 2 aromatic carbocycles. The van der Waals surface area contributed by atoms with Gasteiger partial charge in [-0.3, -0.25) is 4.99 Å². The zero-order chi connectivity index (χ0) is 20.6. The van der Waals surface area contributed by atoms with Gasteiger partial charge in [-0.05, 0) is 42.0 Å². The Bertz CT molecular complexity index is 1080.